The van der Waals surface area contributed by atoms with Gasteiger partial charge in [-0.2, -0.15) is 0 Å². The van der Waals surface area contributed by atoms with E-state index in [2.05, 4.69) is 4.74 Å². The fourth-order valence-corrected chi connectivity index (χ4v) is 1.35. The van der Waals surface area contributed by atoms with E-state index < -0.39 is 5.92 Å². The third kappa shape index (κ3) is 4.42. The van der Waals surface area contributed by atoms with Crippen LogP contribution >= 0.6 is 0 Å². The van der Waals surface area contributed by atoms with Gasteiger partial charge in [0.25, 0.3) is 0 Å². The smallest absolute Gasteiger partial charge is 0.306 e. The molecule has 0 aliphatic heterocycles. The number of ether oxygens (including phenoxy) is 2. The minimum atomic E-state index is -0.414. The molecule has 2 atom stereocenters. The molecule has 0 spiro atoms. The van der Waals surface area contributed by atoms with Gasteiger partial charge in [-0.05, 0) is 6.92 Å². The van der Waals surface area contributed by atoms with Gasteiger partial charge in [-0.1, -0.05) is 13.8 Å². The van der Waals surface area contributed by atoms with Crippen LogP contribution in [0.25, 0.3) is 0 Å². The summed E-state index contributed by atoms with van der Waals surface area (Å²) in [7, 11) is 2.85. The summed E-state index contributed by atoms with van der Waals surface area (Å²) in [6, 6.07) is 0. The number of carbonyl (C=O) groups excluding carboxylic acids is 2. The molecule has 4 nitrogen and oxygen atoms in total. The predicted molar refractivity (Wildman–Crippen MR) is 56.4 cm³/mol. The quantitative estimate of drug-likeness (QED) is 0.630. The lowest BCUT2D eigenvalue weighted by molar-refractivity contribution is -0.146. The highest BCUT2D eigenvalue weighted by atomic mass is 16.5. The number of hydrogen-bond donors (Lipinski definition) is 0. The van der Waals surface area contributed by atoms with E-state index in [9.17, 15) is 9.59 Å². The maximum atomic E-state index is 11.8. The maximum absolute atomic E-state index is 11.8. The van der Waals surface area contributed by atoms with Crippen molar-refractivity contribution < 1.29 is 19.1 Å². The Labute approximate surface area is 90.9 Å². The lowest BCUT2D eigenvalue weighted by Gasteiger charge is -2.22. The molecule has 0 aliphatic carbocycles. The summed E-state index contributed by atoms with van der Waals surface area (Å²) < 4.78 is 9.66. The molecule has 0 amide bonds. The Morgan fingerprint density at radius 3 is 2.00 bits per heavy atom. The zero-order valence-corrected chi connectivity index (χ0v) is 10.1. The topological polar surface area (TPSA) is 52.6 Å². The van der Waals surface area contributed by atoms with Crippen LogP contribution in [0.5, 0.6) is 0 Å². The molecule has 0 bridgehead atoms. The lowest BCUT2D eigenvalue weighted by atomic mass is 9.88. The average Bonchev–Trinajstić information content (AvgIpc) is 2.23. The van der Waals surface area contributed by atoms with Crippen LogP contribution in [0.15, 0.2) is 0 Å². The molecule has 0 aromatic carbocycles. The van der Waals surface area contributed by atoms with Crippen molar-refractivity contribution in [2.45, 2.75) is 33.3 Å². The lowest BCUT2D eigenvalue weighted by Crippen LogP contribution is -2.32. The first-order chi connectivity index (χ1) is 6.93. The van der Waals surface area contributed by atoms with Crippen LogP contribution < -0.4 is 0 Å². The van der Waals surface area contributed by atoms with Crippen molar-refractivity contribution in [3.8, 4) is 0 Å². The predicted octanol–water partition coefficient (Wildman–Crippen LogP) is 1.43. The highest BCUT2D eigenvalue weighted by Crippen LogP contribution is 2.18. The van der Waals surface area contributed by atoms with Crippen LogP contribution in [0.4, 0.5) is 0 Å². The Bertz CT molecular complexity index is 223. The van der Waals surface area contributed by atoms with E-state index in [1.165, 1.54) is 14.2 Å². The molecule has 15 heavy (non-hydrogen) atoms. The van der Waals surface area contributed by atoms with E-state index in [0.717, 1.165) is 0 Å². The van der Waals surface area contributed by atoms with Crippen LogP contribution in [0.1, 0.15) is 27.2 Å². The Hall–Kier alpha value is -0.900. The summed E-state index contributed by atoms with van der Waals surface area (Å²) in [4.78, 5) is 22.9. The molecule has 0 aliphatic rings. The highest BCUT2D eigenvalue weighted by molar-refractivity contribution is 5.87. The number of methoxy groups -OCH3 is 2. The van der Waals surface area contributed by atoms with Gasteiger partial charge in [-0.25, -0.2) is 0 Å². The van der Waals surface area contributed by atoms with Gasteiger partial charge >= 0.3 is 5.97 Å². The molecule has 0 fully saturated rings. The van der Waals surface area contributed by atoms with Crippen LogP contribution in [0.3, 0.4) is 0 Å². The summed E-state index contributed by atoms with van der Waals surface area (Å²) in [5, 5.41) is 0. The van der Waals surface area contributed by atoms with Crippen LogP contribution in [0, 0.1) is 11.8 Å². The standard InChI is InChI=1S/C11H20O4/c1-7(2)11(13)9(8(3)14-4)6-10(12)15-5/h7-9H,6H2,1-5H3. The summed E-state index contributed by atoms with van der Waals surface area (Å²) in [5.74, 6) is -0.854. The first-order valence-corrected chi connectivity index (χ1v) is 5.07. The van der Waals surface area contributed by atoms with Crippen molar-refractivity contribution in [2.24, 2.45) is 11.8 Å². The summed E-state index contributed by atoms with van der Waals surface area (Å²) in [6.45, 7) is 5.41. The Kier molecular flexibility index (Phi) is 6.17. The van der Waals surface area contributed by atoms with E-state index >= 15 is 0 Å². The second-order valence-corrected chi connectivity index (χ2v) is 3.88. The van der Waals surface area contributed by atoms with Gasteiger partial charge in [0.1, 0.15) is 5.78 Å². The van der Waals surface area contributed by atoms with Crippen molar-refractivity contribution in [2.75, 3.05) is 14.2 Å². The second-order valence-electron chi connectivity index (χ2n) is 3.88. The van der Waals surface area contributed by atoms with Crippen molar-refractivity contribution in [3.63, 3.8) is 0 Å². The molecule has 0 radical (unpaired) electrons. The number of ketones is 1. The fraction of sp³-hybridized carbons (Fsp3) is 0.818. The van der Waals surface area contributed by atoms with E-state index in [1.807, 2.05) is 13.8 Å². The molecule has 0 rings (SSSR count). The van der Waals surface area contributed by atoms with Gasteiger partial charge in [0.15, 0.2) is 0 Å². The first-order valence-electron chi connectivity index (χ1n) is 5.07. The van der Waals surface area contributed by atoms with Crippen LogP contribution in [-0.2, 0) is 19.1 Å². The average molecular weight is 216 g/mol. The zero-order chi connectivity index (χ0) is 12.0. The van der Waals surface area contributed by atoms with Gasteiger partial charge in [0.2, 0.25) is 0 Å². The normalized spacial score (nSPS) is 14.8. The second kappa shape index (κ2) is 6.56. The molecule has 0 aromatic heterocycles. The third-order valence-electron chi connectivity index (χ3n) is 2.49. The highest BCUT2D eigenvalue weighted by Gasteiger charge is 2.29. The van der Waals surface area contributed by atoms with Gasteiger partial charge in [-0.3, -0.25) is 9.59 Å². The summed E-state index contributed by atoms with van der Waals surface area (Å²) in [6.07, 6.45) is -0.179. The molecule has 0 heterocycles. The third-order valence-corrected chi connectivity index (χ3v) is 2.49. The molecule has 0 saturated heterocycles. The first kappa shape index (κ1) is 14.1. The fourth-order valence-electron chi connectivity index (χ4n) is 1.35. The van der Waals surface area contributed by atoms with E-state index in [4.69, 9.17) is 4.74 Å². The van der Waals surface area contributed by atoms with E-state index in [0.29, 0.717) is 0 Å². The Morgan fingerprint density at radius 1 is 1.13 bits per heavy atom. The molecular weight excluding hydrogens is 196 g/mol. The van der Waals surface area contributed by atoms with E-state index in [1.54, 1.807) is 6.92 Å². The molecule has 4 heteroatoms. The van der Waals surface area contributed by atoms with E-state index in [-0.39, 0.29) is 30.2 Å². The summed E-state index contributed by atoms with van der Waals surface area (Å²) >= 11 is 0. The van der Waals surface area contributed by atoms with Gasteiger partial charge in [-0.15, -0.1) is 0 Å². The number of Topliss-reactive ketones (excluding diaryl/α,β-unsaturated/α-hetero) is 1. The number of carbonyl (C=O) groups is 2. The molecule has 2 unspecified atom stereocenters. The minimum Gasteiger partial charge on any atom is -0.469 e. The number of rotatable bonds is 6. The maximum Gasteiger partial charge on any atom is 0.306 e. The van der Waals surface area contributed by atoms with Crippen molar-refractivity contribution in [1.82, 2.24) is 0 Å². The van der Waals surface area contributed by atoms with Crippen molar-refractivity contribution in [3.05, 3.63) is 0 Å². The van der Waals surface area contributed by atoms with Crippen molar-refractivity contribution in [1.29, 1.82) is 0 Å². The number of hydrogen-bond acceptors (Lipinski definition) is 4. The van der Waals surface area contributed by atoms with Gasteiger partial charge in [0.05, 0.1) is 25.6 Å². The molecule has 88 valence electrons. The van der Waals surface area contributed by atoms with Gasteiger partial charge in [0, 0.05) is 13.0 Å². The van der Waals surface area contributed by atoms with Crippen molar-refractivity contribution >= 4 is 11.8 Å². The zero-order valence-electron chi connectivity index (χ0n) is 10.1. The Balaban J connectivity index is 4.58. The monoisotopic (exact) mass is 216 g/mol. The summed E-state index contributed by atoms with van der Waals surface area (Å²) in [5.41, 5.74) is 0. The van der Waals surface area contributed by atoms with Crippen LogP contribution in [-0.4, -0.2) is 32.1 Å². The largest absolute Gasteiger partial charge is 0.469 e. The number of esters is 1. The minimum absolute atomic E-state index is 0.0368. The molecule has 0 aromatic rings. The van der Waals surface area contributed by atoms with Crippen LogP contribution in [0.2, 0.25) is 0 Å². The molecule has 0 N–H and O–H groups in total. The van der Waals surface area contributed by atoms with Gasteiger partial charge < -0.3 is 9.47 Å². The SMILES string of the molecule is COC(=O)CC(C(=O)C(C)C)C(C)OC. The Morgan fingerprint density at radius 2 is 1.67 bits per heavy atom. The molecule has 0 saturated carbocycles. The molecular formula is C11H20O4.